The molecule has 3 nitrogen and oxygen atoms in total. The second-order valence-electron chi connectivity index (χ2n) is 4.74. The zero-order valence-electron chi connectivity index (χ0n) is 9.71. The van der Waals surface area contributed by atoms with Crippen LogP contribution in [0.2, 0.25) is 0 Å². The normalized spacial score (nSPS) is 24.7. The third-order valence-electron chi connectivity index (χ3n) is 3.51. The van der Waals surface area contributed by atoms with E-state index < -0.39 is 0 Å². The molecule has 0 spiro atoms. The van der Waals surface area contributed by atoms with Gasteiger partial charge in [-0.25, -0.2) is 0 Å². The second kappa shape index (κ2) is 4.12. The number of rotatable bonds is 6. The van der Waals surface area contributed by atoms with Gasteiger partial charge in [-0.1, -0.05) is 6.92 Å². The quantitative estimate of drug-likeness (QED) is 0.681. The van der Waals surface area contributed by atoms with E-state index in [0.717, 1.165) is 6.42 Å². The molecule has 1 unspecified atom stereocenters. The van der Waals surface area contributed by atoms with Gasteiger partial charge in [0.2, 0.25) is 0 Å². The van der Waals surface area contributed by atoms with E-state index in [9.17, 15) is 4.79 Å². The third-order valence-corrected chi connectivity index (χ3v) is 3.51. The van der Waals surface area contributed by atoms with Crippen molar-refractivity contribution >= 4 is 5.97 Å². The molecule has 2 rings (SSSR count). The Balaban J connectivity index is 2.06. The average molecular weight is 211 g/mol. The smallest absolute Gasteiger partial charge is 0.326 e. The molecule has 86 valence electrons. The molecule has 0 heterocycles. The molecule has 15 heavy (non-hydrogen) atoms. The molecule has 0 aromatic heterocycles. The molecule has 0 aromatic carbocycles. The summed E-state index contributed by atoms with van der Waals surface area (Å²) >= 11 is 0. The fraction of sp³-hybridized carbons (Fsp3) is 0.917. The Kier molecular flexibility index (Phi) is 3.01. The molecule has 0 bridgehead atoms. The Morgan fingerprint density at radius 3 is 2.40 bits per heavy atom. The molecule has 3 heteroatoms. The maximum Gasteiger partial charge on any atom is 0.326 e. The summed E-state index contributed by atoms with van der Waals surface area (Å²) < 4.78 is 5.23. The lowest BCUT2D eigenvalue weighted by Crippen LogP contribution is -2.55. The summed E-state index contributed by atoms with van der Waals surface area (Å²) in [5, 5.41) is 3.53. The molecule has 2 fully saturated rings. The van der Waals surface area contributed by atoms with Gasteiger partial charge in [-0.2, -0.15) is 0 Å². The molecule has 1 N–H and O–H groups in total. The van der Waals surface area contributed by atoms with Gasteiger partial charge in [0.15, 0.2) is 0 Å². The summed E-state index contributed by atoms with van der Waals surface area (Å²) in [7, 11) is 0. The van der Waals surface area contributed by atoms with Crippen molar-refractivity contribution < 1.29 is 9.53 Å². The van der Waals surface area contributed by atoms with Crippen LogP contribution in [0, 0.1) is 5.92 Å². The largest absolute Gasteiger partial charge is 0.465 e. The summed E-state index contributed by atoms with van der Waals surface area (Å²) in [6.45, 7) is 4.45. The lowest BCUT2D eigenvalue weighted by molar-refractivity contribution is -0.152. The minimum Gasteiger partial charge on any atom is -0.465 e. The molecule has 0 radical (unpaired) electrons. The topological polar surface area (TPSA) is 38.3 Å². The maximum absolute atomic E-state index is 12.1. The number of nitrogens with one attached hydrogen (secondary N) is 1. The highest BCUT2D eigenvalue weighted by atomic mass is 16.5. The van der Waals surface area contributed by atoms with Crippen molar-refractivity contribution in [2.45, 2.75) is 57.5 Å². The third kappa shape index (κ3) is 2.17. The van der Waals surface area contributed by atoms with E-state index in [1.54, 1.807) is 0 Å². The number of carbonyl (C=O) groups excluding carboxylic acids is 1. The van der Waals surface area contributed by atoms with Crippen molar-refractivity contribution in [2.75, 3.05) is 6.61 Å². The van der Waals surface area contributed by atoms with Crippen LogP contribution in [0.1, 0.15) is 46.0 Å². The van der Waals surface area contributed by atoms with Crippen LogP contribution in [0.4, 0.5) is 0 Å². The molecular weight excluding hydrogens is 190 g/mol. The van der Waals surface area contributed by atoms with Gasteiger partial charge in [0.25, 0.3) is 0 Å². The van der Waals surface area contributed by atoms with Crippen LogP contribution in [-0.2, 0) is 9.53 Å². The fourth-order valence-corrected chi connectivity index (χ4v) is 2.31. The first-order valence-electron chi connectivity index (χ1n) is 6.18. The van der Waals surface area contributed by atoms with E-state index in [0.29, 0.717) is 18.6 Å². The van der Waals surface area contributed by atoms with Crippen LogP contribution in [0.15, 0.2) is 0 Å². The molecular formula is C12H21NO2. The fourth-order valence-electron chi connectivity index (χ4n) is 2.31. The Bertz CT molecular complexity index is 246. The molecule has 0 aliphatic heterocycles. The first-order chi connectivity index (χ1) is 7.23. The Hall–Kier alpha value is -0.570. The van der Waals surface area contributed by atoms with Gasteiger partial charge in [0.05, 0.1) is 6.61 Å². The molecule has 0 saturated heterocycles. The van der Waals surface area contributed by atoms with E-state index in [4.69, 9.17) is 4.74 Å². The number of carbonyl (C=O) groups is 1. The number of hydrogen-bond acceptors (Lipinski definition) is 3. The molecule has 2 aliphatic rings. The minimum atomic E-state index is -0.364. The van der Waals surface area contributed by atoms with E-state index in [2.05, 4.69) is 12.2 Å². The lowest BCUT2D eigenvalue weighted by atomic mass is 9.90. The maximum atomic E-state index is 12.1. The van der Waals surface area contributed by atoms with Crippen LogP contribution in [0.25, 0.3) is 0 Å². The van der Waals surface area contributed by atoms with Gasteiger partial charge in [-0.3, -0.25) is 10.1 Å². The highest BCUT2D eigenvalue weighted by molar-refractivity contribution is 5.82. The van der Waals surface area contributed by atoms with Crippen molar-refractivity contribution in [1.82, 2.24) is 5.32 Å². The lowest BCUT2D eigenvalue weighted by Gasteiger charge is -2.31. The van der Waals surface area contributed by atoms with Crippen molar-refractivity contribution in [3.8, 4) is 0 Å². The van der Waals surface area contributed by atoms with Gasteiger partial charge >= 0.3 is 5.97 Å². The highest BCUT2D eigenvalue weighted by Gasteiger charge is 2.52. The minimum absolute atomic E-state index is 0.0260. The van der Waals surface area contributed by atoms with Crippen molar-refractivity contribution in [3.63, 3.8) is 0 Å². The van der Waals surface area contributed by atoms with Gasteiger partial charge in [0, 0.05) is 6.04 Å². The number of hydrogen-bond donors (Lipinski definition) is 1. The first-order valence-corrected chi connectivity index (χ1v) is 6.18. The Labute approximate surface area is 91.6 Å². The van der Waals surface area contributed by atoms with Gasteiger partial charge in [-0.05, 0) is 44.9 Å². The van der Waals surface area contributed by atoms with Crippen LogP contribution >= 0.6 is 0 Å². The number of ether oxygens (including phenoxy) is 1. The van der Waals surface area contributed by atoms with Crippen LogP contribution in [0.5, 0.6) is 0 Å². The van der Waals surface area contributed by atoms with E-state index in [1.807, 2.05) is 6.92 Å². The molecule has 1 atom stereocenters. The zero-order valence-corrected chi connectivity index (χ0v) is 9.71. The predicted molar refractivity (Wildman–Crippen MR) is 58.5 cm³/mol. The molecule has 2 saturated carbocycles. The first kappa shape index (κ1) is 10.9. The van der Waals surface area contributed by atoms with E-state index >= 15 is 0 Å². The SMILES string of the molecule is CCOC(=O)C(CC)(NC1CC1)C1CC1. The summed E-state index contributed by atoms with van der Waals surface area (Å²) in [5.74, 6) is 0.490. The van der Waals surface area contributed by atoms with Crippen molar-refractivity contribution in [3.05, 3.63) is 0 Å². The van der Waals surface area contributed by atoms with Crippen molar-refractivity contribution in [1.29, 1.82) is 0 Å². The summed E-state index contributed by atoms with van der Waals surface area (Å²) in [5.41, 5.74) is -0.364. The molecule has 0 amide bonds. The Morgan fingerprint density at radius 1 is 1.33 bits per heavy atom. The van der Waals surface area contributed by atoms with Gasteiger partial charge in [-0.15, -0.1) is 0 Å². The second-order valence-corrected chi connectivity index (χ2v) is 4.74. The zero-order chi connectivity index (χ0) is 10.9. The highest BCUT2D eigenvalue weighted by Crippen LogP contribution is 2.44. The van der Waals surface area contributed by atoms with E-state index in [1.165, 1.54) is 25.7 Å². The van der Waals surface area contributed by atoms with Crippen LogP contribution < -0.4 is 5.32 Å². The van der Waals surface area contributed by atoms with Gasteiger partial charge < -0.3 is 4.74 Å². The summed E-state index contributed by atoms with van der Waals surface area (Å²) in [6, 6.07) is 0.565. The molecule has 0 aromatic rings. The predicted octanol–water partition coefficient (Wildman–Crippen LogP) is 1.86. The molecule has 2 aliphatic carbocycles. The average Bonchev–Trinajstić information content (AvgIpc) is 3.06. The van der Waals surface area contributed by atoms with E-state index in [-0.39, 0.29) is 11.5 Å². The number of esters is 1. The standard InChI is InChI=1S/C12H21NO2/c1-3-12(9-5-6-9,11(14)15-4-2)13-10-7-8-10/h9-10,13H,3-8H2,1-2H3. The monoisotopic (exact) mass is 211 g/mol. The summed E-state index contributed by atoms with van der Waals surface area (Å²) in [4.78, 5) is 12.1. The van der Waals surface area contributed by atoms with Crippen LogP contribution in [0.3, 0.4) is 0 Å². The van der Waals surface area contributed by atoms with Gasteiger partial charge in [0.1, 0.15) is 5.54 Å². The van der Waals surface area contributed by atoms with Crippen LogP contribution in [-0.4, -0.2) is 24.2 Å². The van der Waals surface area contributed by atoms with Crippen molar-refractivity contribution in [2.24, 2.45) is 5.92 Å². The summed E-state index contributed by atoms with van der Waals surface area (Å²) in [6.07, 6.45) is 5.63. The Morgan fingerprint density at radius 2 is 2.00 bits per heavy atom.